The number of carbonyl (C=O) groups is 2. The SMILES string of the molecule is COc1ccc(/C=C(\NC(=O)c2ccccc2Cl)C(=O)N[C@@H]2CCS(=O)(=O)C2)cc1. The van der Waals surface area contributed by atoms with E-state index in [0.29, 0.717) is 17.7 Å². The van der Waals surface area contributed by atoms with Crippen LogP contribution in [0.25, 0.3) is 6.08 Å². The molecule has 30 heavy (non-hydrogen) atoms. The summed E-state index contributed by atoms with van der Waals surface area (Å²) >= 11 is 6.08. The summed E-state index contributed by atoms with van der Waals surface area (Å²) < 4.78 is 28.5. The third-order valence-electron chi connectivity index (χ3n) is 4.61. The van der Waals surface area contributed by atoms with E-state index in [-0.39, 0.29) is 27.8 Å². The monoisotopic (exact) mass is 448 g/mol. The van der Waals surface area contributed by atoms with Gasteiger partial charge in [-0.15, -0.1) is 0 Å². The second-order valence-electron chi connectivity index (χ2n) is 6.84. The highest BCUT2D eigenvalue weighted by molar-refractivity contribution is 7.91. The largest absolute Gasteiger partial charge is 0.497 e. The Labute approximate surface area is 180 Å². The van der Waals surface area contributed by atoms with Crippen molar-refractivity contribution in [3.05, 3.63) is 70.4 Å². The van der Waals surface area contributed by atoms with Gasteiger partial charge in [-0.2, -0.15) is 0 Å². The first-order valence-electron chi connectivity index (χ1n) is 9.20. The van der Waals surface area contributed by atoms with Gasteiger partial charge in [0.05, 0.1) is 29.2 Å². The number of amides is 2. The zero-order valence-electron chi connectivity index (χ0n) is 16.2. The fourth-order valence-electron chi connectivity index (χ4n) is 3.03. The Morgan fingerprint density at radius 3 is 2.43 bits per heavy atom. The Morgan fingerprint density at radius 2 is 1.83 bits per heavy atom. The van der Waals surface area contributed by atoms with Crippen molar-refractivity contribution in [3.63, 3.8) is 0 Å². The second kappa shape index (κ2) is 9.32. The minimum absolute atomic E-state index is 0.0191. The van der Waals surface area contributed by atoms with Crippen LogP contribution in [-0.4, -0.2) is 44.9 Å². The van der Waals surface area contributed by atoms with Crippen molar-refractivity contribution < 1.29 is 22.7 Å². The molecule has 1 saturated heterocycles. The van der Waals surface area contributed by atoms with E-state index in [2.05, 4.69) is 10.6 Å². The summed E-state index contributed by atoms with van der Waals surface area (Å²) in [7, 11) is -1.61. The molecule has 0 saturated carbocycles. The fourth-order valence-corrected chi connectivity index (χ4v) is 4.93. The van der Waals surface area contributed by atoms with Crippen molar-refractivity contribution in [2.45, 2.75) is 12.5 Å². The molecular formula is C21H21ClN2O5S. The van der Waals surface area contributed by atoms with E-state index < -0.39 is 27.7 Å². The average molecular weight is 449 g/mol. The van der Waals surface area contributed by atoms with Gasteiger partial charge in [0.2, 0.25) is 0 Å². The topological polar surface area (TPSA) is 102 Å². The lowest BCUT2D eigenvalue weighted by molar-refractivity contribution is -0.118. The normalized spacial score (nSPS) is 17.9. The summed E-state index contributed by atoms with van der Waals surface area (Å²) in [6.45, 7) is 0. The minimum Gasteiger partial charge on any atom is -0.497 e. The van der Waals surface area contributed by atoms with E-state index >= 15 is 0 Å². The number of nitrogens with one attached hydrogen (secondary N) is 2. The van der Waals surface area contributed by atoms with E-state index in [4.69, 9.17) is 16.3 Å². The third kappa shape index (κ3) is 5.61. The van der Waals surface area contributed by atoms with Crippen molar-refractivity contribution in [1.82, 2.24) is 10.6 Å². The van der Waals surface area contributed by atoms with Crippen LogP contribution in [-0.2, 0) is 14.6 Å². The molecule has 1 atom stereocenters. The maximum absolute atomic E-state index is 12.8. The molecule has 0 spiro atoms. The van der Waals surface area contributed by atoms with Crippen molar-refractivity contribution in [1.29, 1.82) is 0 Å². The second-order valence-corrected chi connectivity index (χ2v) is 9.47. The summed E-state index contributed by atoms with van der Waals surface area (Å²) in [6.07, 6.45) is 1.84. The summed E-state index contributed by atoms with van der Waals surface area (Å²) in [5, 5.41) is 5.53. The van der Waals surface area contributed by atoms with E-state index in [1.807, 2.05) is 0 Å². The lowest BCUT2D eigenvalue weighted by atomic mass is 10.1. The summed E-state index contributed by atoms with van der Waals surface area (Å²) in [5.74, 6) is -0.564. The minimum atomic E-state index is -3.16. The number of ether oxygens (including phenoxy) is 1. The molecule has 0 radical (unpaired) electrons. The van der Waals surface area contributed by atoms with Crippen molar-refractivity contribution in [2.24, 2.45) is 0 Å². The van der Waals surface area contributed by atoms with Crippen LogP contribution in [0.1, 0.15) is 22.3 Å². The molecule has 1 fully saturated rings. The van der Waals surface area contributed by atoms with Crippen molar-refractivity contribution >= 4 is 39.3 Å². The predicted molar refractivity (Wildman–Crippen MR) is 115 cm³/mol. The van der Waals surface area contributed by atoms with Gasteiger partial charge in [-0.25, -0.2) is 8.42 Å². The van der Waals surface area contributed by atoms with Crippen LogP contribution in [0.3, 0.4) is 0 Å². The summed E-state index contributed by atoms with van der Waals surface area (Å²) in [4.78, 5) is 25.5. The number of sulfone groups is 1. The first-order chi connectivity index (χ1) is 14.3. The Hall–Kier alpha value is -2.84. The van der Waals surface area contributed by atoms with Crippen LogP contribution in [0.15, 0.2) is 54.2 Å². The molecular weight excluding hydrogens is 428 g/mol. The summed E-state index contributed by atoms with van der Waals surface area (Å²) in [5.41, 5.74) is 0.852. The highest BCUT2D eigenvalue weighted by Crippen LogP contribution is 2.18. The molecule has 0 unspecified atom stereocenters. The molecule has 1 aliphatic rings. The lowest BCUT2D eigenvalue weighted by Crippen LogP contribution is -2.41. The molecule has 2 N–H and O–H groups in total. The Bertz CT molecular complexity index is 1080. The molecule has 3 rings (SSSR count). The Morgan fingerprint density at radius 1 is 1.13 bits per heavy atom. The number of halogens is 1. The highest BCUT2D eigenvalue weighted by Gasteiger charge is 2.30. The van der Waals surface area contributed by atoms with Gasteiger partial charge in [-0.1, -0.05) is 35.9 Å². The molecule has 1 aliphatic heterocycles. The third-order valence-corrected chi connectivity index (χ3v) is 6.70. The molecule has 1 heterocycles. The molecule has 0 bridgehead atoms. The average Bonchev–Trinajstić information content (AvgIpc) is 3.06. The van der Waals surface area contributed by atoms with Gasteiger partial charge in [-0.3, -0.25) is 9.59 Å². The van der Waals surface area contributed by atoms with E-state index in [1.54, 1.807) is 55.6 Å². The molecule has 158 valence electrons. The molecule has 2 aromatic rings. The van der Waals surface area contributed by atoms with Gasteiger partial charge >= 0.3 is 0 Å². The zero-order valence-corrected chi connectivity index (χ0v) is 17.8. The van der Waals surface area contributed by atoms with Crippen LogP contribution in [0.2, 0.25) is 5.02 Å². The predicted octanol–water partition coefficient (Wildman–Crippen LogP) is 2.42. The van der Waals surface area contributed by atoms with E-state index in [9.17, 15) is 18.0 Å². The zero-order chi connectivity index (χ0) is 21.7. The highest BCUT2D eigenvalue weighted by atomic mass is 35.5. The number of rotatable bonds is 6. The van der Waals surface area contributed by atoms with Gasteiger partial charge in [0, 0.05) is 6.04 Å². The van der Waals surface area contributed by atoms with Crippen molar-refractivity contribution in [3.8, 4) is 5.75 Å². The standard InChI is InChI=1S/C21H21ClN2O5S/c1-29-16-8-6-14(7-9-16)12-19(21(26)23-15-10-11-30(27,28)13-15)24-20(25)17-4-2-3-5-18(17)22/h2-9,12,15H,10-11,13H2,1H3,(H,23,26)(H,24,25)/b19-12-/t15-/m1/s1. The molecule has 9 heteroatoms. The first-order valence-corrected chi connectivity index (χ1v) is 11.4. The van der Waals surface area contributed by atoms with Crippen molar-refractivity contribution in [2.75, 3.05) is 18.6 Å². The maximum atomic E-state index is 12.8. The number of benzene rings is 2. The van der Waals surface area contributed by atoms with Gasteiger partial charge in [-0.05, 0) is 42.3 Å². The number of carbonyl (C=O) groups excluding carboxylic acids is 2. The van der Waals surface area contributed by atoms with Crippen LogP contribution < -0.4 is 15.4 Å². The van der Waals surface area contributed by atoms with Crippen LogP contribution in [0.4, 0.5) is 0 Å². The maximum Gasteiger partial charge on any atom is 0.268 e. The Balaban J connectivity index is 1.85. The lowest BCUT2D eigenvalue weighted by Gasteiger charge is -2.15. The smallest absolute Gasteiger partial charge is 0.268 e. The van der Waals surface area contributed by atoms with E-state index in [1.165, 1.54) is 6.08 Å². The Kier molecular flexibility index (Phi) is 6.79. The molecule has 7 nitrogen and oxygen atoms in total. The van der Waals surface area contributed by atoms with Crippen LogP contribution >= 0.6 is 11.6 Å². The van der Waals surface area contributed by atoms with Crippen LogP contribution in [0.5, 0.6) is 5.75 Å². The molecule has 0 aromatic heterocycles. The summed E-state index contributed by atoms with van der Waals surface area (Å²) in [6, 6.07) is 12.9. The van der Waals surface area contributed by atoms with Gasteiger partial charge < -0.3 is 15.4 Å². The number of hydrogen-bond donors (Lipinski definition) is 2. The fraction of sp³-hybridized carbons (Fsp3) is 0.238. The first kappa shape index (κ1) is 21.9. The van der Waals surface area contributed by atoms with Gasteiger partial charge in [0.1, 0.15) is 11.4 Å². The quantitative estimate of drug-likeness (QED) is 0.661. The van der Waals surface area contributed by atoms with Crippen LogP contribution in [0, 0.1) is 0 Å². The van der Waals surface area contributed by atoms with Gasteiger partial charge in [0.25, 0.3) is 11.8 Å². The number of methoxy groups -OCH3 is 1. The van der Waals surface area contributed by atoms with Gasteiger partial charge in [0.15, 0.2) is 9.84 Å². The molecule has 2 aromatic carbocycles. The molecule has 0 aliphatic carbocycles. The number of hydrogen-bond acceptors (Lipinski definition) is 5. The molecule has 2 amide bonds. The van der Waals surface area contributed by atoms with E-state index in [0.717, 1.165) is 0 Å².